The van der Waals surface area contributed by atoms with Crippen molar-refractivity contribution in [1.82, 2.24) is 10.2 Å². The van der Waals surface area contributed by atoms with Gasteiger partial charge in [0.15, 0.2) is 0 Å². The van der Waals surface area contributed by atoms with Crippen LogP contribution in [0.4, 0.5) is 5.69 Å². The van der Waals surface area contributed by atoms with Gasteiger partial charge in [0.2, 0.25) is 0 Å². The van der Waals surface area contributed by atoms with Crippen molar-refractivity contribution in [1.29, 1.82) is 0 Å². The summed E-state index contributed by atoms with van der Waals surface area (Å²) in [5.74, 6) is 0. The van der Waals surface area contributed by atoms with Crippen molar-refractivity contribution >= 4 is 5.69 Å². The molecule has 0 radical (unpaired) electrons. The molecular weight excluding hydrogens is 438 g/mol. The van der Waals surface area contributed by atoms with Gasteiger partial charge in [-0.3, -0.25) is 0 Å². The molecule has 2 aromatic carbocycles. The predicted octanol–water partition coefficient (Wildman–Crippen LogP) is 8.08. The number of hydrogen-bond donors (Lipinski definition) is 1. The fourth-order valence-electron chi connectivity index (χ4n) is 5.66. The quantitative estimate of drug-likeness (QED) is 0.367. The van der Waals surface area contributed by atoms with Crippen LogP contribution in [0.3, 0.4) is 0 Å². The lowest BCUT2D eigenvalue weighted by Crippen LogP contribution is -2.55. The molecule has 2 aromatic rings. The molecule has 36 heavy (non-hydrogen) atoms. The topological polar surface area (TPSA) is 18.5 Å². The van der Waals surface area contributed by atoms with Crippen molar-refractivity contribution in [2.45, 2.75) is 85.2 Å². The molecule has 1 heterocycles. The Morgan fingerprint density at radius 1 is 1.17 bits per heavy atom. The van der Waals surface area contributed by atoms with Crippen molar-refractivity contribution in [3.8, 4) is 0 Å². The number of anilines is 1. The second kappa shape index (κ2) is 12.5. The maximum Gasteiger partial charge on any atom is 0.0621 e. The smallest absolute Gasteiger partial charge is 0.0621 e. The van der Waals surface area contributed by atoms with E-state index in [4.69, 9.17) is 0 Å². The summed E-state index contributed by atoms with van der Waals surface area (Å²) in [6.45, 7) is 18.4. The molecule has 194 valence electrons. The van der Waals surface area contributed by atoms with E-state index in [1.807, 2.05) is 6.20 Å². The lowest BCUT2D eigenvalue weighted by molar-refractivity contribution is 0.154. The summed E-state index contributed by atoms with van der Waals surface area (Å²) in [7, 11) is 2.15. The maximum absolute atomic E-state index is 4.05. The van der Waals surface area contributed by atoms with Crippen molar-refractivity contribution in [2.75, 3.05) is 18.5 Å². The van der Waals surface area contributed by atoms with Gasteiger partial charge in [0.05, 0.1) is 11.6 Å². The highest BCUT2D eigenvalue weighted by Crippen LogP contribution is 2.40. The van der Waals surface area contributed by atoms with Gasteiger partial charge in [-0.25, -0.2) is 0 Å². The first-order chi connectivity index (χ1) is 17.3. The Morgan fingerprint density at radius 3 is 2.47 bits per heavy atom. The molecule has 3 nitrogen and oxygen atoms in total. The summed E-state index contributed by atoms with van der Waals surface area (Å²) < 4.78 is 0. The highest BCUT2D eigenvalue weighted by atomic mass is 15.2. The molecule has 0 aliphatic carbocycles. The Bertz CT molecular complexity index is 1070. The number of nitrogens with one attached hydrogen (secondary N) is 1. The third-order valence-electron chi connectivity index (χ3n) is 7.61. The number of hydrogen-bond acceptors (Lipinski definition) is 3. The molecule has 1 aliphatic rings. The summed E-state index contributed by atoms with van der Waals surface area (Å²) in [4.78, 5) is 4.80. The second-order valence-corrected chi connectivity index (χ2v) is 10.5. The van der Waals surface area contributed by atoms with Gasteiger partial charge < -0.3 is 15.1 Å². The molecular formula is C33H47N3. The standard InChI is InChI=1S/C33H47N3/c1-9-13-32-33(34-8,20-12-21-36(32)27(7)30-17-14-26(6)15-18-30)23-28-16-19-31(29(10-2)22-28)35(11-3)24-25(4)5/h11,13-19,22,24,27,34H,3,9-10,12,20-21,23H2,1-2,4-8H3. The molecule has 1 aliphatic heterocycles. The Labute approximate surface area is 220 Å². The molecule has 2 atom stereocenters. The first-order valence-corrected chi connectivity index (χ1v) is 13.7. The third-order valence-corrected chi connectivity index (χ3v) is 7.61. The lowest BCUT2D eigenvalue weighted by atomic mass is 9.78. The molecule has 0 amide bonds. The number of likely N-dealkylation sites (N-methyl/N-ethyl adjacent to an activating group) is 1. The third kappa shape index (κ3) is 6.13. The Morgan fingerprint density at radius 2 is 1.89 bits per heavy atom. The number of aryl methyl sites for hydroxylation is 2. The van der Waals surface area contributed by atoms with Gasteiger partial charge in [-0.1, -0.05) is 74.0 Å². The summed E-state index contributed by atoms with van der Waals surface area (Å²) in [5, 5.41) is 3.81. The fourth-order valence-corrected chi connectivity index (χ4v) is 5.66. The number of nitrogens with zero attached hydrogens (tertiary/aromatic N) is 2. The molecule has 3 heteroatoms. The number of benzene rings is 2. The van der Waals surface area contributed by atoms with Crippen LogP contribution in [0, 0.1) is 6.92 Å². The molecule has 1 saturated heterocycles. The molecule has 0 aromatic heterocycles. The van der Waals surface area contributed by atoms with Gasteiger partial charge in [0, 0.05) is 30.3 Å². The Balaban J connectivity index is 1.97. The van der Waals surface area contributed by atoms with E-state index >= 15 is 0 Å². The van der Waals surface area contributed by atoms with Crippen molar-refractivity contribution in [3.63, 3.8) is 0 Å². The van der Waals surface area contributed by atoms with E-state index in [0.29, 0.717) is 6.04 Å². The number of rotatable bonds is 10. The van der Waals surface area contributed by atoms with Crippen LogP contribution in [-0.4, -0.2) is 24.0 Å². The van der Waals surface area contributed by atoms with E-state index in [2.05, 4.69) is 125 Å². The monoisotopic (exact) mass is 485 g/mol. The maximum atomic E-state index is 4.05. The van der Waals surface area contributed by atoms with Gasteiger partial charge in [-0.2, -0.15) is 0 Å². The van der Waals surface area contributed by atoms with Crippen LogP contribution in [-0.2, 0) is 12.8 Å². The number of piperidine rings is 1. The lowest BCUT2D eigenvalue weighted by Gasteiger charge is -2.49. The normalized spacial score (nSPS) is 19.8. The molecule has 1 fully saturated rings. The molecule has 0 saturated carbocycles. The molecule has 1 N–H and O–H groups in total. The SMILES string of the molecule is C=CN(C=C(C)C)c1ccc(CC2(NC)CCCN(C(C)c3ccc(C)cc3)C2=CCC)cc1CC. The van der Waals surface area contributed by atoms with Gasteiger partial charge in [-0.15, -0.1) is 0 Å². The van der Waals surface area contributed by atoms with Crippen molar-refractivity contribution in [3.05, 3.63) is 101 Å². The minimum Gasteiger partial charge on any atom is -0.367 e. The average Bonchev–Trinajstić information content (AvgIpc) is 2.88. The van der Waals surface area contributed by atoms with E-state index in [9.17, 15) is 0 Å². The van der Waals surface area contributed by atoms with E-state index in [0.717, 1.165) is 32.2 Å². The van der Waals surface area contributed by atoms with E-state index in [1.165, 1.54) is 45.6 Å². The first-order valence-electron chi connectivity index (χ1n) is 13.7. The van der Waals surface area contributed by atoms with Gasteiger partial charge in [-0.05, 0) is 89.6 Å². The van der Waals surface area contributed by atoms with Gasteiger partial charge in [0.25, 0.3) is 0 Å². The zero-order valence-corrected chi connectivity index (χ0v) is 23.7. The van der Waals surface area contributed by atoms with E-state index in [1.54, 1.807) is 0 Å². The van der Waals surface area contributed by atoms with Crippen LogP contribution >= 0.6 is 0 Å². The number of likely N-dealkylation sites (tertiary alicyclic amines) is 1. The highest BCUT2D eigenvalue weighted by Gasteiger charge is 2.40. The van der Waals surface area contributed by atoms with Crippen LogP contribution < -0.4 is 10.2 Å². The molecule has 0 bridgehead atoms. The fraction of sp³-hybridized carbons (Fsp3) is 0.455. The summed E-state index contributed by atoms with van der Waals surface area (Å²) in [6, 6.07) is 16.4. The zero-order chi connectivity index (χ0) is 26.3. The second-order valence-electron chi connectivity index (χ2n) is 10.5. The molecule has 3 rings (SSSR count). The summed E-state index contributed by atoms with van der Waals surface area (Å²) >= 11 is 0. The van der Waals surface area contributed by atoms with Gasteiger partial charge in [0.1, 0.15) is 0 Å². The van der Waals surface area contributed by atoms with Crippen LogP contribution in [0.25, 0.3) is 0 Å². The van der Waals surface area contributed by atoms with Crippen LogP contribution in [0.5, 0.6) is 0 Å². The van der Waals surface area contributed by atoms with Crippen LogP contribution in [0.15, 0.2) is 78.8 Å². The van der Waals surface area contributed by atoms with Crippen molar-refractivity contribution in [2.24, 2.45) is 0 Å². The Kier molecular flexibility index (Phi) is 9.62. The van der Waals surface area contributed by atoms with Crippen LogP contribution in [0.1, 0.15) is 82.2 Å². The minimum atomic E-state index is -0.0716. The molecule has 0 spiro atoms. The summed E-state index contributed by atoms with van der Waals surface area (Å²) in [5.41, 5.74) is 9.30. The van der Waals surface area contributed by atoms with Gasteiger partial charge >= 0.3 is 0 Å². The Hall–Kier alpha value is -2.78. The van der Waals surface area contributed by atoms with E-state index < -0.39 is 0 Å². The summed E-state index contributed by atoms with van der Waals surface area (Å²) in [6.07, 6.45) is 11.9. The number of allylic oxidation sites excluding steroid dienone is 2. The highest BCUT2D eigenvalue weighted by molar-refractivity contribution is 5.59. The average molecular weight is 486 g/mol. The predicted molar refractivity (Wildman–Crippen MR) is 157 cm³/mol. The van der Waals surface area contributed by atoms with E-state index in [-0.39, 0.29) is 5.54 Å². The molecule has 2 unspecified atom stereocenters. The minimum absolute atomic E-state index is 0.0716. The zero-order valence-electron chi connectivity index (χ0n) is 23.7. The first kappa shape index (κ1) is 27.8. The van der Waals surface area contributed by atoms with Crippen LogP contribution in [0.2, 0.25) is 0 Å². The largest absolute Gasteiger partial charge is 0.367 e. The van der Waals surface area contributed by atoms with Crippen molar-refractivity contribution < 1.29 is 0 Å².